The maximum atomic E-state index is 12.0. The molecule has 1 aromatic heterocycles. The summed E-state index contributed by atoms with van der Waals surface area (Å²) in [5.74, 6) is 0.888. The number of esters is 1. The predicted octanol–water partition coefficient (Wildman–Crippen LogP) is 3.72. The Morgan fingerprint density at radius 2 is 2.28 bits per heavy atom. The number of ether oxygens (including phenoxy) is 1. The molecule has 134 valence electrons. The van der Waals surface area contributed by atoms with Gasteiger partial charge in [-0.1, -0.05) is 26.0 Å². The molecule has 1 saturated heterocycles. The molecule has 4 rings (SSSR count). The van der Waals surface area contributed by atoms with Crippen molar-refractivity contribution >= 4 is 16.9 Å². The number of nitrogens with zero attached hydrogens (tertiary/aromatic N) is 1. The van der Waals surface area contributed by atoms with Gasteiger partial charge in [0.05, 0.1) is 12.5 Å². The molecule has 0 unspecified atom stereocenters. The van der Waals surface area contributed by atoms with Crippen molar-refractivity contribution in [2.24, 2.45) is 11.8 Å². The Hall–Kier alpha value is -1.81. The van der Waals surface area contributed by atoms with Crippen molar-refractivity contribution in [3.05, 3.63) is 35.5 Å². The minimum Gasteiger partial charge on any atom is -0.465 e. The fourth-order valence-electron chi connectivity index (χ4n) is 4.68. The molecule has 1 aromatic carbocycles. The van der Waals surface area contributed by atoms with Crippen molar-refractivity contribution in [3.8, 4) is 0 Å². The van der Waals surface area contributed by atoms with Crippen LogP contribution in [0, 0.1) is 11.8 Å². The number of H-pyrrole nitrogens is 1. The second-order valence-electron chi connectivity index (χ2n) is 7.94. The van der Waals surface area contributed by atoms with E-state index in [1.165, 1.54) is 22.0 Å². The molecule has 2 heterocycles. The quantitative estimate of drug-likeness (QED) is 0.863. The van der Waals surface area contributed by atoms with Crippen LogP contribution in [0.15, 0.2) is 24.4 Å². The molecule has 0 bridgehead atoms. The number of aromatic nitrogens is 1. The molecule has 1 N–H and O–H groups in total. The lowest BCUT2D eigenvalue weighted by Crippen LogP contribution is -2.48. The number of nitrogens with one attached hydrogen (secondary N) is 1. The van der Waals surface area contributed by atoms with Gasteiger partial charge < -0.3 is 14.6 Å². The van der Waals surface area contributed by atoms with E-state index in [4.69, 9.17) is 4.74 Å². The highest BCUT2D eigenvalue weighted by Gasteiger charge is 2.39. The van der Waals surface area contributed by atoms with Crippen LogP contribution in [0.1, 0.15) is 43.7 Å². The summed E-state index contributed by atoms with van der Waals surface area (Å²) < 4.78 is 5.62. The highest BCUT2D eigenvalue weighted by molar-refractivity contribution is 5.88. The summed E-state index contributed by atoms with van der Waals surface area (Å²) in [6.07, 6.45) is 5.23. The lowest BCUT2D eigenvalue weighted by molar-refractivity contribution is -0.150. The fourth-order valence-corrected chi connectivity index (χ4v) is 4.68. The number of carbonyl (C=O) groups is 1. The van der Waals surface area contributed by atoms with Crippen LogP contribution in [0.4, 0.5) is 0 Å². The first-order valence-electron chi connectivity index (χ1n) is 9.54. The Balaban J connectivity index is 1.54. The fraction of sp³-hybridized carbons (Fsp3) is 0.571. The van der Waals surface area contributed by atoms with Gasteiger partial charge in [0.1, 0.15) is 0 Å². The molecule has 1 aliphatic heterocycles. The molecule has 0 spiro atoms. The first kappa shape index (κ1) is 16.6. The second-order valence-corrected chi connectivity index (χ2v) is 7.94. The number of likely N-dealkylation sites (N-methyl/N-ethyl adjacent to an activating group) is 1. The van der Waals surface area contributed by atoms with Gasteiger partial charge in [0, 0.05) is 41.5 Å². The summed E-state index contributed by atoms with van der Waals surface area (Å²) in [6, 6.07) is 7.17. The normalized spacial score (nSPS) is 27.1. The summed E-state index contributed by atoms with van der Waals surface area (Å²) >= 11 is 0. The average molecular weight is 340 g/mol. The van der Waals surface area contributed by atoms with Crippen LogP contribution >= 0.6 is 0 Å². The Labute approximate surface area is 149 Å². The van der Waals surface area contributed by atoms with E-state index < -0.39 is 0 Å². The number of rotatable bonds is 4. The first-order valence-corrected chi connectivity index (χ1v) is 9.54. The van der Waals surface area contributed by atoms with E-state index in [0.29, 0.717) is 24.5 Å². The van der Waals surface area contributed by atoms with E-state index in [1.54, 1.807) is 0 Å². The van der Waals surface area contributed by atoms with Crippen molar-refractivity contribution in [3.63, 3.8) is 0 Å². The molecule has 0 saturated carbocycles. The Morgan fingerprint density at radius 1 is 1.44 bits per heavy atom. The lowest BCUT2D eigenvalue weighted by atomic mass is 9.72. The molecule has 1 aliphatic carbocycles. The Bertz CT molecular complexity index is 781. The maximum Gasteiger partial charge on any atom is 0.308 e. The van der Waals surface area contributed by atoms with Gasteiger partial charge in [0.25, 0.3) is 0 Å². The number of likely N-dealkylation sites (tertiary alicyclic amines) is 1. The van der Waals surface area contributed by atoms with Gasteiger partial charge in [-0.25, -0.2) is 0 Å². The second kappa shape index (κ2) is 6.49. The molecule has 0 amide bonds. The molecule has 0 radical (unpaired) electrons. The number of carbonyl (C=O) groups excluding carboxylic acids is 1. The van der Waals surface area contributed by atoms with Crippen molar-refractivity contribution in [2.75, 3.05) is 20.2 Å². The third kappa shape index (κ3) is 2.86. The highest BCUT2D eigenvalue weighted by Crippen LogP contribution is 2.44. The van der Waals surface area contributed by atoms with Crippen LogP contribution < -0.4 is 0 Å². The number of benzene rings is 1. The molecule has 4 atom stereocenters. The zero-order valence-corrected chi connectivity index (χ0v) is 15.4. The maximum absolute atomic E-state index is 12.0. The summed E-state index contributed by atoms with van der Waals surface area (Å²) in [5, 5.41) is 1.43. The predicted molar refractivity (Wildman–Crippen MR) is 99.7 cm³/mol. The average Bonchev–Trinajstić information content (AvgIpc) is 3.04. The number of hydrogen-bond acceptors (Lipinski definition) is 3. The molecule has 4 nitrogen and oxygen atoms in total. The number of fused-ring (bicyclic) bond motifs is 2. The molecular formula is C21H28N2O2. The van der Waals surface area contributed by atoms with Crippen LogP contribution in [0.5, 0.6) is 0 Å². The zero-order valence-electron chi connectivity index (χ0n) is 15.4. The van der Waals surface area contributed by atoms with E-state index >= 15 is 0 Å². The first-order chi connectivity index (χ1) is 12.1. The lowest BCUT2D eigenvalue weighted by Gasteiger charge is -2.45. The molecule has 2 aliphatic rings. The summed E-state index contributed by atoms with van der Waals surface area (Å²) in [4.78, 5) is 17.9. The van der Waals surface area contributed by atoms with Gasteiger partial charge in [-0.3, -0.25) is 4.79 Å². The highest BCUT2D eigenvalue weighted by atomic mass is 16.5. The number of piperidine rings is 1. The Kier molecular flexibility index (Phi) is 4.32. The van der Waals surface area contributed by atoms with E-state index in [0.717, 1.165) is 25.8 Å². The van der Waals surface area contributed by atoms with Crippen molar-refractivity contribution in [1.29, 1.82) is 0 Å². The van der Waals surface area contributed by atoms with Crippen LogP contribution in [-0.4, -0.2) is 42.1 Å². The van der Waals surface area contributed by atoms with Crippen LogP contribution in [-0.2, 0) is 16.0 Å². The number of hydrogen-bond donors (Lipinski definition) is 1. The molecular weight excluding hydrogens is 312 g/mol. The van der Waals surface area contributed by atoms with Crippen LogP contribution in [0.2, 0.25) is 0 Å². The van der Waals surface area contributed by atoms with E-state index in [9.17, 15) is 4.79 Å². The Morgan fingerprint density at radius 3 is 3.08 bits per heavy atom. The van der Waals surface area contributed by atoms with Gasteiger partial charge in [-0.05, 0) is 43.5 Å². The van der Waals surface area contributed by atoms with Crippen molar-refractivity contribution in [2.45, 2.75) is 45.1 Å². The van der Waals surface area contributed by atoms with Crippen LogP contribution in [0.25, 0.3) is 10.9 Å². The SMILES string of the molecule is CC[C@H](C)C(=O)OC[C@@H]1C[C@@H]2c3cccc4[nH]cc(c34)C[C@H]2N(C)C1. The smallest absolute Gasteiger partial charge is 0.308 e. The molecule has 1 fully saturated rings. The molecule has 4 heteroatoms. The van der Waals surface area contributed by atoms with E-state index in [-0.39, 0.29) is 11.9 Å². The van der Waals surface area contributed by atoms with E-state index in [2.05, 4.69) is 41.3 Å². The van der Waals surface area contributed by atoms with Gasteiger partial charge in [-0.2, -0.15) is 0 Å². The summed E-state index contributed by atoms with van der Waals surface area (Å²) in [7, 11) is 2.22. The largest absolute Gasteiger partial charge is 0.465 e. The third-order valence-electron chi connectivity index (χ3n) is 6.29. The monoisotopic (exact) mass is 340 g/mol. The van der Waals surface area contributed by atoms with Gasteiger partial charge in [-0.15, -0.1) is 0 Å². The van der Waals surface area contributed by atoms with Crippen molar-refractivity contribution in [1.82, 2.24) is 9.88 Å². The zero-order chi connectivity index (χ0) is 17.6. The van der Waals surface area contributed by atoms with Crippen LogP contribution in [0.3, 0.4) is 0 Å². The van der Waals surface area contributed by atoms with Gasteiger partial charge in [0.2, 0.25) is 0 Å². The van der Waals surface area contributed by atoms with Gasteiger partial charge in [0.15, 0.2) is 0 Å². The minimum atomic E-state index is -0.0501. The van der Waals surface area contributed by atoms with E-state index in [1.807, 2.05) is 13.8 Å². The van der Waals surface area contributed by atoms with Gasteiger partial charge >= 0.3 is 5.97 Å². The third-order valence-corrected chi connectivity index (χ3v) is 6.29. The molecule has 25 heavy (non-hydrogen) atoms. The topological polar surface area (TPSA) is 45.3 Å². The standard InChI is InChI=1S/C21H28N2O2/c1-4-13(2)21(24)25-12-14-8-17-16-6-5-7-18-20(16)15(10-22-18)9-19(17)23(3)11-14/h5-7,10,13-14,17,19,22H,4,8-9,11-12H2,1-3H3/t13-,14+,17+,19+/m0/s1. The number of aromatic amines is 1. The summed E-state index contributed by atoms with van der Waals surface area (Å²) in [6.45, 7) is 5.53. The van der Waals surface area contributed by atoms with Crippen molar-refractivity contribution < 1.29 is 9.53 Å². The molecule has 2 aromatic rings. The summed E-state index contributed by atoms with van der Waals surface area (Å²) in [5.41, 5.74) is 4.16. The minimum absolute atomic E-state index is 0.0000819.